The Morgan fingerprint density at radius 2 is 1.70 bits per heavy atom. The molecule has 2 aliphatic heterocycles. The third-order valence-electron chi connectivity index (χ3n) is 10.3. The van der Waals surface area contributed by atoms with Gasteiger partial charge < -0.3 is 26.0 Å². The lowest BCUT2D eigenvalue weighted by atomic mass is 9.82. The minimum absolute atomic E-state index is 0.0459. The van der Waals surface area contributed by atoms with Gasteiger partial charge in [0, 0.05) is 30.4 Å². The maximum Gasteiger partial charge on any atom is 0.262 e. The Labute approximate surface area is 276 Å². The van der Waals surface area contributed by atoms with Crippen LogP contribution in [0.2, 0.25) is 0 Å². The van der Waals surface area contributed by atoms with Gasteiger partial charge in [-0.25, -0.2) is 0 Å². The molecule has 9 heteroatoms. The molecule has 1 aliphatic carbocycles. The molecule has 3 aliphatic rings. The van der Waals surface area contributed by atoms with Crippen molar-refractivity contribution in [3.8, 4) is 0 Å². The Balaban J connectivity index is 1.20. The standard InChI is InChI=1S/C37H48N4O4S/c1-25-9-10-29-24-33(46-32(29)21-25)35(43)41-37(15-5-6-16-37)36(44)40-31(23-26-7-3-2-4-8-26)34(42)39-30(28-11-17-38-18-12-28)22-27-13-19-45-20-14-27/h2-4,7-10,21,24,27-28,30-31,38H,5-6,11-20,22-23H2,1H3,(H,39,42)(H,40,44)(H,41,43)/t30?,31-/m1/s1. The SMILES string of the molecule is Cc1ccc2cc(C(=O)NC3(C(=O)N[C@H](Cc4ccccc4)C(=O)NC(CC4CCOCC4)C4CCNCC4)CCCC3)sc2c1. The predicted molar refractivity (Wildman–Crippen MR) is 183 cm³/mol. The van der Waals surface area contributed by atoms with Gasteiger partial charge in [-0.1, -0.05) is 55.3 Å². The van der Waals surface area contributed by atoms with E-state index in [4.69, 9.17) is 4.74 Å². The van der Waals surface area contributed by atoms with Crippen molar-refractivity contribution in [1.29, 1.82) is 0 Å². The fraction of sp³-hybridized carbons (Fsp3) is 0.541. The first-order valence-corrected chi connectivity index (χ1v) is 18.0. The molecule has 2 saturated heterocycles. The van der Waals surface area contributed by atoms with E-state index < -0.39 is 11.6 Å². The highest BCUT2D eigenvalue weighted by Gasteiger charge is 2.44. The third-order valence-corrected chi connectivity index (χ3v) is 11.4. The van der Waals surface area contributed by atoms with Crippen LogP contribution in [0.5, 0.6) is 0 Å². The summed E-state index contributed by atoms with van der Waals surface area (Å²) in [6.07, 6.45) is 8.19. The zero-order valence-electron chi connectivity index (χ0n) is 26.9. The molecule has 0 radical (unpaired) electrons. The fourth-order valence-corrected chi connectivity index (χ4v) is 8.57. The predicted octanol–water partition coefficient (Wildman–Crippen LogP) is 5.28. The molecule has 0 bridgehead atoms. The zero-order chi connectivity index (χ0) is 31.9. The van der Waals surface area contributed by atoms with Gasteiger partial charge in [-0.15, -0.1) is 11.3 Å². The number of carbonyl (C=O) groups is 3. The molecule has 46 heavy (non-hydrogen) atoms. The van der Waals surface area contributed by atoms with Gasteiger partial charge >= 0.3 is 0 Å². The van der Waals surface area contributed by atoms with Crippen LogP contribution >= 0.6 is 11.3 Å². The largest absolute Gasteiger partial charge is 0.381 e. The summed E-state index contributed by atoms with van der Waals surface area (Å²) in [4.78, 5) is 42.7. The van der Waals surface area contributed by atoms with Gasteiger partial charge in [0.15, 0.2) is 0 Å². The molecule has 4 N–H and O–H groups in total. The van der Waals surface area contributed by atoms with Gasteiger partial charge in [-0.05, 0) is 105 Å². The van der Waals surface area contributed by atoms with Gasteiger partial charge in [0.1, 0.15) is 11.6 Å². The van der Waals surface area contributed by atoms with Gasteiger partial charge in [0.25, 0.3) is 5.91 Å². The van der Waals surface area contributed by atoms with Crippen LogP contribution in [-0.4, -0.2) is 61.6 Å². The van der Waals surface area contributed by atoms with Gasteiger partial charge in [-0.3, -0.25) is 14.4 Å². The maximum atomic E-state index is 14.2. The molecule has 1 aromatic heterocycles. The molecule has 246 valence electrons. The highest BCUT2D eigenvalue weighted by molar-refractivity contribution is 7.20. The van der Waals surface area contributed by atoms with Crippen LogP contribution in [0.15, 0.2) is 54.6 Å². The van der Waals surface area contributed by atoms with Crippen LogP contribution in [0.4, 0.5) is 0 Å². The summed E-state index contributed by atoms with van der Waals surface area (Å²) in [5.74, 6) is 0.265. The Morgan fingerprint density at radius 1 is 0.957 bits per heavy atom. The first-order valence-electron chi connectivity index (χ1n) is 17.1. The van der Waals surface area contributed by atoms with Crippen molar-refractivity contribution in [2.45, 2.75) is 88.8 Å². The number of aryl methyl sites for hydroxylation is 1. The summed E-state index contributed by atoms with van der Waals surface area (Å²) in [5.41, 5.74) is 1.08. The third kappa shape index (κ3) is 7.99. The Kier molecular flexibility index (Phi) is 10.7. The average molecular weight is 645 g/mol. The summed E-state index contributed by atoms with van der Waals surface area (Å²) in [7, 11) is 0. The minimum Gasteiger partial charge on any atom is -0.381 e. The van der Waals surface area contributed by atoms with E-state index in [1.54, 1.807) is 0 Å². The van der Waals surface area contributed by atoms with Crippen molar-refractivity contribution in [2.24, 2.45) is 11.8 Å². The molecule has 6 rings (SSSR count). The van der Waals surface area contributed by atoms with Crippen molar-refractivity contribution >= 4 is 39.1 Å². The fourth-order valence-electron chi connectivity index (χ4n) is 7.51. The number of benzene rings is 2. The van der Waals surface area contributed by atoms with Crippen LogP contribution in [0.25, 0.3) is 10.1 Å². The average Bonchev–Trinajstić information content (AvgIpc) is 3.73. The second-order valence-corrected chi connectivity index (χ2v) is 14.7. The first kappa shape index (κ1) is 32.7. The summed E-state index contributed by atoms with van der Waals surface area (Å²) in [5, 5.41) is 14.2. The molecule has 3 fully saturated rings. The number of carbonyl (C=O) groups excluding carboxylic acids is 3. The van der Waals surface area contributed by atoms with Crippen LogP contribution < -0.4 is 21.3 Å². The van der Waals surface area contributed by atoms with Crippen molar-refractivity contribution in [3.63, 3.8) is 0 Å². The molecule has 0 spiro atoms. The molecular formula is C37H48N4O4S. The molecule has 3 aromatic rings. The smallest absolute Gasteiger partial charge is 0.262 e. The lowest BCUT2D eigenvalue weighted by Gasteiger charge is -2.36. The van der Waals surface area contributed by atoms with Crippen LogP contribution in [-0.2, 0) is 20.7 Å². The number of hydrogen-bond donors (Lipinski definition) is 4. The molecule has 2 aromatic carbocycles. The topological polar surface area (TPSA) is 109 Å². The molecule has 1 saturated carbocycles. The summed E-state index contributed by atoms with van der Waals surface area (Å²) >= 11 is 1.45. The molecular weight excluding hydrogens is 596 g/mol. The van der Waals surface area contributed by atoms with Crippen molar-refractivity contribution in [3.05, 3.63) is 70.6 Å². The molecule has 8 nitrogen and oxygen atoms in total. The van der Waals surface area contributed by atoms with E-state index in [1.165, 1.54) is 11.3 Å². The normalized spacial score (nSPS) is 20.2. The van der Waals surface area contributed by atoms with Crippen LogP contribution in [0.1, 0.15) is 78.6 Å². The van der Waals surface area contributed by atoms with E-state index in [-0.39, 0.29) is 23.8 Å². The molecule has 3 amide bonds. The van der Waals surface area contributed by atoms with Crippen LogP contribution in [0.3, 0.4) is 0 Å². The number of rotatable bonds is 11. The Hall–Kier alpha value is -3.27. The molecule has 2 atom stereocenters. The summed E-state index contributed by atoms with van der Waals surface area (Å²) in [6, 6.07) is 17.2. The number of amides is 3. The van der Waals surface area contributed by atoms with E-state index in [0.29, 0.717) is 36.0 Å². The van der Waals surface area contributed by atoms with Gasteiger partial charge in [0.05, 0.1) is 4.88 Å². The maximum absolute atomic E-state index is 14.2. The second kappa shape index (κ2) is 15.1. The van der Waals surface area contributed by atoms with E-state index in [0.717, 1.165) is 92.5 Å². The number of thiophene rings is 1. The summed E-state index contributed by atoms with van der Waals surface area (Å²) in [6.45, 7) is 5.50. The number of ether oxygens (including phenoxy) is 1. The van der Waals surface area contributed by atoms with E-state index >= 15 is 0 Å². The number of nitrogens with one attached hydrogen (secondary N) is 4. The number of piperidine rings is 1. The quantitative estimate of drug-likeness (QED) is 0.227. The lowest BCUT2D eigenvalue weighted by molar-refractivity contribution is -0.133. The summed E-state index contributed by atoms with van der Waals surface area (Å²) < 4.78 is 6.67. The zero-order valence-corrected chi connectivity index (χ0v) is 27.8. The minimum atomic E-state index is -1.05. The number of fused-ring (bicyclic) bond motifs is 1. The van der Waals surface area contributed by atoms with Crippen molar-refractivity contribution in [1.82, 2.24) is 21.3 Å². The first-order chi connectivity index (χ1) is 22.4. The second-order valence-electron chi connectivity index (χ2n) is 13.6. The van der Waals surface area contributed by atoms with Crippen molar-refractivity contribution < 1.29 is 19.1 Å². The lowest BCUT2D eigenvalue weighted by Crippen LogP contribution is -2.61. The highest BCUT2D eigenvalue weighted by atomic mass is 32.1. The molecule has 1 unspecified atom stereocenters. The van der Waals surface area contributed by atoms with Gasteiger partial charge in [-0.2, -0.15) is 0 Å². The number of hydrogen-bond acceptors (Lipinski definition) is 6. The monoisotopic (exact) mass is 644 g/mol. The van der Waals surface area contributed by atoms with E-state index in [1.807, 2.05) is 55.5 Å². The molecule has 3 heterocycles. The van der Waals surface area contributed by atoms with Gasteiger partial charge in [0.2, 0.25) is 11.8 Å². The van der Waals surface area contributed by atoms with Crippen LogP contribution in [0, 0.1) is 18.8 Å². The van der Waals surface area contributed by atoms with Crippen molar-refractivity contribution in [2.75, 3.05) is 26.3 Å². The Morgan fingerprint density at radius 3 is 2.43 bits per heavy atom. The Bertz CT molecular complexity index is 1490. The highest BCUT2D eigenvalue weighted by Crippen LogP contribution is 2.33. The van der Waals surface area contributed by atoms with E-state index in [9.17, 15) is 14.4 Å². The van der Waals surface area contributed by atoms with E-state index in [2.05, 4.69) is 27.3 Å².